The maximum absolute atomic E-state index is 14.0. The molecule has 10 heteroatoms. The number of rotatable bonds is 9. The van der Waals surface area contributed by atoms with Crippen LogP contribution in [0.3, 0.4) is 0 Å². The van der Waals surface area contributed by atoms with Crippen LogP contribution < -0.4 is 29.3 Å². The molecule has 43 heavy (non-hydrogen) atoms. The molecule has 0 radical (unpaired) electrons. The van der Waals surface area contributed by atoms with E-state index in [9.17, 15) is 9.59 Å². The zero-order valence-corrected chi connectivity index (χ0v) is 26.2. The smallest absolute Gasteiger partial charge is 0.338 e. The van der Waals surface area contributed by atoms with Crippen molar-refractivity contribution in [1.29, 1.82) is 0 Å². The number of esters is 1. The Morgan fingerprint density at radius 1 is 1.12 bits per heavy atom. The molecular weight excluding hydrogens is 586 g/mol. The van der Waals surface area contributed by atoms with E-state index >= 15 is 0 Å². The summed E-state index contributed by atoms with van der Waals surface area (Å²) in [6.45, 7) is 4.00. The lowest BCUT2D eigenvalue weighted by molar-refractivity contribution is -0.139. The Labute approximate surface area is 258 Å². The number of anilines is 1. The second-order valence-corrected chi connectivity index (χ2v) is 11.6. The molecule has 0 spiro atoms. The molecule has 0 saturated carbocycles. The molecule has 0 fully saturated rings. The minimum absolute atomic E-state index is 0.215. The zero-order valence-electron chi connectivity index (χ0n) is 24.6. The predicted octanol–water partition coefficient (Wildman–Crippen LogP) is 5.11. The molecule has 0 bridgehead atoms. The van der Waals surface area contributed by atoms with Crippen LogP contribution in [0.1, 0.15) is 36.6 Å². The molecule has 1 atom stereocenters. The fourth-order valence-electron chi connectivity index (χ4n) is 4.93. The average molecular weight is 618 g/mol. The van der Waals surface area contributed by atoms with Crippen molar-refractivity contribution in [3.63, 3.8) is 0 Å². The van der Waals surface area contributed by atoms with Gasteiger partial charge in [0.1, 0.15) is 18.1 Å². The number of fused-ring (bicyclic) bond motifs is 1. The van der Waals surface area contributed by atoms with Crippen LogP contribution in [0.25, 0.3) is 6.08 Å². The third-order valence-corrected chi connectivity index (χ3v) is 8.25. The van der Waals surface area contributed by atoms with Crippen molar-refractivity contribution in [3.8, 4) is 11.5 Å². The number of hydrogen-bond acceptors (Lipinski definition) is 8. The highest BCUT2D eigenvalue weighted by atomic mass is 35.5. The molecule has 1 unspecified atom stereocenters. The van der Waals surface area contributed by atoms with Gasteiger partial charge in [-0.25, -0.2) is 9.79 Å². The van der Waals surface area contributed by atoms with Gasteiger partial charge >= 0.3 is 5.97 Å². The zero-order chi connectivity index (χ0) is 30.7. The van der Waals surface area contributed by atoms with E-state index < -0.39 is 12.0 Å². The van der Waals surface area contributed by atoms with Gasteiger partial charge in [0.25, 0.3) is 5.56 Å². The first-order valence-electron chi connectivity index (χ1n) is 13.7. The fourth-order valence-corrected chi connectivity index (χ4v) is 6.16. The summed E-state index contributed by atoms with van der Waals surface area (Å²) >= 11 is 7.38. The molecule has 1 aliphatic heterocycles. The molecule has 4 aromatic rings. The van der Waals surface area contributed by atoms with Gasteiger partial charge in [0, 0.05) is 30.4 Å². The number of carbonyl (C=O) groups excluding carboxylic acids is 1. The van der Waals surface area contributed by atoms with Crippen molar-refractivity contribution in [2.45, 2.75) is 26.5 Å². The molecule has 8 nitrogen and oxygen atoms in total. The third-order valence-electron chi connectivity index (χ3n) is 7.03. The predicted molar refractivity (Wildman–Crippen MR) is 170 cm³/mol. The minimum atomic E-state index is -0.675. The van der Waals surface area contributed by atoms with Crippen molar-refractivity contribution < 1.29 is 19.0 Å². The molecule has 1 aromatic heterocycles. The number of allylic oxidation sites excluding steroid dienone is 1. The van der Waals surface area contributed by atoms with Gasteiger partial charge in [-0.3, -0.25) is 9.36 Å². The van der Waals surface area contributed by atoms with Crippen molar-refractivity contribution >= 4 is 40.7 Å². The first-order valence-corrected chi connectivity index (χ1v) is 14.9. The summed E-state index contributed by atoms with van der Waals surface area (Å²) in [6.07, 6.45) is 1.82. The quantitative estimate of drug-likeness (QED) is 0.243. The molecule has 222 valence electrons. The van der Waals surface area contributed by atoms with Crippen LogP contribution in [0, 0.1) is 0 Å². The third kappa shape index (κ3) is 6.38. The van der Waals surface area contributed by atoms with E-state index in [4.69, 9.17) is 25.8 Å². The number of thiazole rings is 1. The van der Waals surface area contributed by atoms with Gasteiger partial charge in [-0.1, -0.05) is 47.2 Å². The standard InChI is InChI=1S/C33H32ClN3O5S/c1-6-41-32(39)29-20(2)35-33-37(30(29)22-11-13-25(14-12-22)36(3)4)31(38)28(43-33)17-21-10-15-27(40-5)23(16-21)19-42-26-9-7-8-24(34)18-26/h7-18,30H,6,19H2,1-5H3/b28-17-. The van der Waals surface area contributed by atoms with Crippen LogP contribution in [-0.4, -0.2) is 38.3 Å². The number of benzene rings is 3. The normalized spacial score (nSPS) is 14.7. The first-order chi connectivity index (χ1) is 20.7. The molecule has 0 N–H and O–H groups in total. The largest absolute Gasteiger partial charge is 0.496 e. The van der Waals surface area contributed by atoms with Crippen LogP contribution in [0.2, 0.25) is 5.02 Å². The van der Waals surface area contributed by atoms with Gasteiger partial charge in [-0.15, -0.1) is 0 Å². The second kappa shape index (κ2) is 12.9. The highest BCUT2D eigenvalue weighted by Gasteiger charge is 2.33. The van der Waals surface area contributed by atoms with Crippen LogP contribution in [0.5, 0.6) is 11.5 Å². The molecule has 0 saturated heterocycles. The van der Waals surface area contributed by atoms with Crippen molar-refractivity contribution in [2.24, 2.45) is 4.99 Å². The fraction of sp³-hybridized carbons (Fsp3) is 0.242. The van der Waals surface area contributed by atoms with E-state index in [0.717, 1.165) is 22.4 Å². The topological polar surface area (TPSA) is 82.4 Å². The Kier molecular flexibility index (Phi) is 9.03. The average Bonchev–Trinajstić information content (AvgIpc) is 3.29. The van der Waals surface area contributed by atoms with E-state index in [-0.39, 0.29) is 18.8 Å². The Morgan fingerprint density at radius 3 is 2.56 bits per heavy atom. The highest BCUT2D eigenvalue weighted by Crippen LogP contribution is 2.32. The van der Waals surface area contributed by atoms with Crippen LogP contribution in [0.15, 0.2) is 87.8 Å². The number of halogens is 1. The molecular formula is C33H32ClN3O5S. The van der Waals surface area contributed by atoms with Gasteiger partial charge in [0.2, 0.25) is 0 Å². The molecule has 3 aromatic carbocycles. The maximum Gasteiger partial charge on any atom is 0.338 e. The van der Waals surface area contributed by atoms with Gasteiger partial charge in [-0.2, -0.15) is 0 Å². The number of carbonyl (C=O) groups is 1. The summed E-state index contributed by atoms with van der Waals surface area (Å²) in [4.78, 5) is 34.3. The van der Waals surface area contributed by atoms with Crippen molar-refractivity contribution in [1.82, 2.24) is 4.57 Å². The van der Waals surface area contributed by atoms with E-state index in [1.807, 2.05) is 79.7 Å². The Morgan fingerprint density at radius 2 is 1.88 bits per heavy atom. The van der Waals surface area contributed by atoms with E-state index in [2.05, 4.69) is 4.99 Å². The molecule has 0 aliphatic carbocycles. The lowest BCUT2D eigenvalue weighted by Crippen LogP contribution is -2.39. The number of hydrogen-bond donors (Lipinski definition) is 0. The number of methoxy groups -OCH3 is 1. The summed E-state index contributed by atoms with van der Waals surface area (Å²) in [7, 11) is 5.52. The lowest BCUT2D eigenvalue weighted by Gasteiger charge is -2.25. The monoisotopic (exact) mass is 617 g/mol. The Balaban J connectivity index is 1.58. The minimum Gasteiger partial charge on any atom is -0.496 e. The summed E-state index contributed by atoms with van der Waals surface area (Å²) in [5, 5.41) is 0.585. The molecule has 1 aliphatic rings. The molecule has 0 amide bonds. The maximum atomic E-state index is 14.0. The Bertz CT molecular complexity index is 1880. The number of ether oxygens (including phenoxy) is 3. The van der Waals surface area contributed by atoms with E-state index in [1.54, 1.807) is 37.7 Å². The van der Waals surface area contributed by atoms with Crippen molar-refractivity contribution in [2.75, 3.05) is 32.7 Å². The Hall–Kier alpha value is -4.34. The summed E-state index contributed by atoms with van der Waals surface area (Å²) in [5.41, 5.74) is 4.03. The SMILES string of the molecule is CCOC(=O)C1=C(C)N=c2s/c(=C\c3ccc(OC)c(COc4cccc(Cl)c4)c3)c(=O)n2C1c1ccc(N(C)C)cc1. The summed E-state index contributed by atoms with van der Waals surface area (Å²) in [6, 6.07) is 20.0. The van der Waals surface area contributed by atoms with Gasteiger partial charge in [0.05, 0.1) is 35.6 Å². The first kappa shape index (κ1) is 30.1. The van der Waals surface area contributed by atoms with Crippen LogP contribution in [0.4, 0.5) is 5.69 Å². The van der Waals surface area contributed by atoms with Gasteiger partial charge in [0.15, 0.2) is 4.80 Å². The summed E-state index contributed by atoms with van der Waals surface area (Å²) in [5.74, 6) is 0.815. The number of nitrogens with zero attached hydrogens (tertiary/aromatic N) is 3. The van der Waals surface area contributed by atoms with Crippen LogP contribution in [-0.2, 0) is 16.1 Å². The molecule has 5 rings (SSSR count). The van der Waals surface area contributed by atoms with E-state index in [1.165, 1.54) is 11.3 Å². The van der Waals surface area contributed by atoms with Gasteiger partial charge in [-0.05, 0) is 73.5 Å². The van der Waals surface area contributed by atoms with Crippen LogP contribution >= 0.6 is 22.9 Å². The highest BCUT2D eigenvalue weighted by molar-refractivity contribution is 7.07. The lowest BCUT2D eigenvalue weighted by atomic mass is 9.95. The van der Waals surface area contributed by atoms with Crippen molar-refractivity contribution in [3.05, 3.63) is 119 Å². The van der Waals surface area contributed by atoms with Gasteiger partial charge < -0.3 is 19.1 Å². The summed E-state index contributed by atoms with van der Waals surface area (Å²) < 4.78 is 19.0. The second-order valence-electron chi connectivity index (χ2n) is 10.1. The number of aromatic nitrogens is 1. The molecule has 2 heterocycles. The van der Waals surface area contributed by atoms with E-state index in [0.29, 0.717) is 37.1 Å².